The Morgan fingerprint density at radius 2 is 1.80 bits per heavy atom. The van der Waals surface area contributed by atoms with Crippen LogP contribution in [0.3, 0.4) is 0 Å². The topological polar surface area (TPSA) is 153 Å². The van der Waals surface area contributed by atoms with Crippen molar-refractivity contribution >= 4 is 24.2 Å². The van der Waals surface area contributed by atoms with Crippen LogP contribution in [0.25, 0.3) is 11.3 Å². The molecule has 0 saturated carbocycles. The van der Waals surface area contributed by atoms with E-state index in [1.165, 1.54) is 6.21 Å². The molecule has 0 aliphatic carbocycles. The number of amides is 2. The third-order valence-electron chi connectivity index (χ3n) is 6.12. The summed E-state index contributed by atoms with van der Waals surface area (Å²) in [4.78, 5) is 46.0. The number of aromatic amines is 1. The van der Waals surface area contributed by atoms with Crippen molar-refractivity contribution in [2.24, 2.45) is 5.10 Å². The summed E-state index contributed by atoms with van der Waals surface area (Å²) in [6.07, 6.45) is 2.39. The first-order chi connectivity index (χ1) is 19.1. The van der Waals surface area contributed by atoms with E-state index in [-0.39, 0.29) is 29.2 Å². The zero-order valence-corrected chi connectivity index (χ0v) is 22.6. The Morgan fingerprint density at radius 1 is 1.12 bits per heavy atom. The number of alkyl carbamates (subject to hydrolysis) is 1. The molecule has 3 aromatic rings. The van der Waals surface area contributed by atoms with Gasteiger partial charge in [0.2, 0.25) is 5.95 Å². The van der Waals surface area contributed by atoms with Gasteiger partial charge >= 0.3 is 6.09 Å². The summed E-state index contributed by atoms with van der Waals surface area (Å²) in [5, 5.41) is 16.4. The number of H-pyrrole nitrogens is 1. The summed E-state index contributed by atoms with van der Waals surface area (Å²) in [5.74, 6) is 0.0144. The van der Waals surface area contributed by atoms with Gasteiger partial charge in [-0.3, -0.25) is 14.6 Å². The molecule has 206 valence electrons. The van der Waals surface area contributed by atoms with E-state index in [1.807, 2.05) is 32.9 Å². The van der Waals surface area contributed by atoms with E-state index in [2.05, 4.69) is 25.8 Å². The minimum Gasteiger partial charge on any atom is -0.444 e. The standard InChI is InChI=1S/C29H31N7O4/c1-29(2,3)40-28(39)32-22-13-15-36(16-14-22)26(38)21-11-9-19(10-12-21)18-31-35-27-33-24(20-7-5-4-6-8-20)23(17-30)25(37)34-27/h4-12,18,22H,13-16H2,1-3H3,(H,32,39)(H2,33,34,35,37). The van der Waals surface area contributed by atoms with Crippen molar-refractivity contribution in [3.8, 4) is 17.3 Å². The van der Waals surface area contributed by atoms with Gasteiger partial charge in [-0.05, 0) is 51.3 Å². The monoisotopic (exact) mass is 541 g/mol. The van der Waals surface area contributed by atoms with Gasteiger partial charge in [0.05, 0.1) is 11.9 Å². The number of aromatic nitrogens is 2. The molecular weight excluding hydrogens is 510 g/mol. The summed E-state index contributed by atoms with van der Waals surface area (Å²) in [7, 11) is 0. The highest BCUT2D eigenvalue weighted by Crippen LogP contribution is 2.20. The molecule has 0 atom stereocenters. The fourth-order valence-corrected chi connectivity index (χ4v) is 4.20. The van der Waals surface area contributed by atoms with Crippen LogP contribution in [0.5, 0.6) is 0 Å². The van der Waals surface area contributed by atoms with Gasteiger partial charge in [-0.1, -0.05) is 42.5 Å². The first-order valence-electron chi connectivity index (χ1n) is 12.9. The second kappa shape index (κ2) is 12.3. The maximum Gasteiger partial charge on any atom is 0.407 e. The van der Waals surface area contributed by atoms with Crippen LogP contribution in [0.15, 0.2) is 64.5 Å². The van der Waals surface area contributed by atoms with Gasteiger partial charge in [-0.15, -0.1) is 0 Å². The molecule has 1 fully saturated rings. The molecular formula is C29H31N7O4. The predicted octanol–water partition coefficient (Wildman–Crippen LogP) is 3.88. The number of hydrogen-bond donors (Lipinski definition) is 3. The summed E-state index contributed by atoms with van der Waals surface area (Å²) in [6, 6.07) is 17.8. The van der Waals surface area contributed by atoms with Crippen molar-refractivity contribution in [1.29, 1.82) is 5.26 Å². The van der Waals surface area contributed by atoms with Crippen molar-refractivity contribution in [2.75, 3.05) is 18.5 Å². The highest BCUT2D eigenvalue weighted by Gasteiger charge is 2.26. The van der Waals surface area contributed by atoms with E-state index in [1.54, 1.807) is 53.4 Å². The summed E-state index contributed by atoms with van der Waals surface area (Å²) in [6.45, 7) is 6.52. The second-order valence-corrected chi connectivity index (χ2v) is 10.3. The summed E-state index contributed by atoms with van der Waals surface area (Å²) in [5.41, 5.74) is 3.67. The van der Waals surface area contributed by atoms with Crippen LogP contribution in [0, 0.1) is 11.3 Å². The Morgan fingerprint density at radius 3 is 2.42 bits per heavy atom. The molecule has 11 heteroatoms. The fourth-order valence-electron chi connectivity index (χ4n) is 4.20. The van der Waals surface area contributed by atoms with Crippen LogP contribution in [0.4, 0.5) is 10.7 Å². The molecule has 2 amide bonds. The number of piperidine rings is 1. The van der Waals surface area contributed by atoms with Crippen LogP contribution in [-0.4, -0.2) is 57.8 Å². The lowest BCUT2D eigenvalue weighted by Gasteiger charge is -2.33. The molecule has 3 N–H and O–H groups in total. The maximum atomic E-state index is 13.0. The molecule has 11 nitrogen and oxygen atoms in total. The zero-order chi connectivity index (χ0) is 28.7. The minimum atomic E-state index is -0.568. The number of ether oxygens (including phenoxy) is 1. The molecule has 0 radical (unpaired) electrons. The van der Waals surface area contributed by atoms with E-state index in [4.69, 9.17) is 4.74 Å². The molecule has 4 rings (SSSR count). The maximum absolute atomic E-state index is 13.0. The molecule has 0 spiro atoms. The van der Waals surface area contributed by atoms with Crippen LogP contribution in [-0.2, 0) is 4.74 Å². The van der Waals surface area contributed by atoms with Crippen molar-refractivity contribution in [3.05, 3.63) is 81.6 Å². The van der Waals surface area contributed by atoms with Gasteiger partial charge in [0.15, 0.2) is 0 Å². The third kappa shape index (κ3) is 7.32. The van der Waals surface area contributed by atoms with Gasteiger partial charge in [-0.25, -0.2) is 15.2 Å². The molecule has 2 heterocycles. The number of likely N-dealkylation sites (tertiary alicyclic amines) is 1. The Kier molecular flexibility index (Phi) is 8.59. The molecule has 0 unspecified atom stereocenters. The number of anilines is 1. The Hall–Kier alpha value is -4.98. The van der Waals surface area contributed by atoms with E-state index in [9.17, 15) is 19.6 Å². The molecule has 1 aliphatic heterocycles. The lowest BCUT2D eigenvalue weighted by atomic mass is 10.0. The van der Waals surface area contributed by atoms with Crippen LogP contribution >= 0.6 is 0 Å². The van der Waals surface area contributed by atoms with Crippen molar-refractivity contribution in [2.45, 2.75) is 45.3 Å². The van der Waals surface area contributed by atoms with Crippen LogP contribution in [0.2, 0.25) is 0 Å². The highest BCUT2D eigenvalue weighted by atomic mass is 16.6. The lowest BCUT2D eigenvalue weighted by molar-refractivity contribution is 0.0473. The number of nitrogens with zero attached hydrogens (tertiary/aromatic N) is 4. The normalized spacial score (nSPS) is 14.0. The highest BCUT2D eigenvalue weighted by molar-refractivity contribution is 5.95. The van der Waals surface area contributed by atoms with Gasteiger partial charge in [-0.2, -0.15) is 10.4 Å². The predicted molar refractivity (Wildman–Crippen MR) is 151 cm³/mol. The van der Waals surface area contributed by atoms with Gasteiger partial charge in [0, 0.05) is 30.3 Å². The Bertz CT molecular complexity index is 1480. The number of nitrogens with one attached hydrogen (secondary N) is 3. The van der Waals surface area contributed by atoms with E-state index < -0.39 is 17.3 Å². The zero-order valence-electron chi connectivity index (χ0n) is 22.6. The quantitative estimate of drug-likeness (QED) is 0.316. The van der Waals surface area contributed by atoms with E-state index in [0.717, 1.165) is 5.56 Å². The van der Waals surface area contributed by atoms with E-state index in [0.29, 0.717) is 37.1 Å². The number of benzene rings is 2. The second-order valence-electron chi connectivity index (χ2n) is 10.3. The van der Waals surface area contributed by atoms with Gasteiger partial charge in [0.1, 0.15) is 17.2 Å². The number of hydrogen-bond acceptors (Lipinski definition) is 8. The number of carbonyl (C=O) groups excluding carboxylic acids is 2. The van der Waals surface area contributed by atoms with Gasteiger partial charge in [0.25, 0.3) is 11.5 Å². The number of rotatable bonds is 6. The number of nitriles is 1. The Balaban J connectivity index is 1.33. The van der Waals surface area contributed by atoms with Crippen molar-refractivity contribution in [1.82, 2.24) is 20.2 Å². The summed E-state index contributed by atoms with van der Waals surface area (Å²) < 4.78 is 5.31. The lowest BCUT2D eigenvalue weighted by Crippen LogP contribution is -2.47. The molecule has 1 aromatic heterocycles. The largest absolute Gasteiger partial charge is 0.444 e. The number of hydrazone groups is 1. The van der Waals surface area contributed by atoms with Gasteiger partial charge < -0.3 is 15.0 Å². The molecule has 1 saturated heterocycles. The first-order valence-corrected chi connectivity index (χ1v) is 12.9. The Labute approximate surface area is 231 Å². The fraction of sp³-hybridized carbons (Fsp3) is 0.310. The molecule has 2 aromatic carbocycles. The number of carbonyl (C=O) groups is 2. The van der Waals surface area contributed by atoms with Crippen molar-refractivity contribution in [3.63, 3.8) is 0 Å². The average molecular weight is 542 g/mol. The SMILES string of the molecule is CC(C)(C)OC(=O)NC1CCN(C(=O)c2ccc(C=NNc3nc(-c4ccccc4)c(C#N)c(=O)[nH]3)cc2)CC1. The summed E-state index contributed by atoms with van der Waals surface area (Å²) >= 11 is 0. The molecule has 1 aliphatic rings. The molecule has 0 bridgehead atoms. The van der Waals surface area contributed by atoms with Crippen molar-refractivity contribution < 1.29 is 14.3 Å². The first kappa shape index (κ1) is 28.0. The minimum absolute atomic E-state index is 0.0331. The van der Waals surface area contributed by atoms with E-state index >= 15 is 0 Å². The third-order valence-corrected chi connectivity index (χ3v) is 6.12. The van der Waals surface area contributed by atoms with Crippen LogP contribution < -0.4 is 16.3 Å². The smallest absolute Gasteiger partial charge is 0.407 e. The van der Waals surface area contributed by atoms with Crippen LogP contribution in [0.1, 0.15) is 55.1 Å². The molecule has 40 heavy (non-hydrogen) atoms. The average Bonchev–Trinajstić information content (AvgIpc) is 2.92.